The standard InChI is InChI=1S/C67H131NO5/c1-3-5-7-9-11-13-15-17-19-21-23-24-25-26-27-28-29-30-32-35-39-43-47-51-55-59-65(70)64(63-69)68-66(71)60-56-52-48-44-40-36-34-38-42-46-50-54-58-62-73-67(72)61-57-53-49-45-41-37-33-31-22-20-18-16-14-12-10-8-6-4-2/h20,22,64-65,69-70H,3-19,21,23-63H2,1-2H3,(H,68,71)/b22-20-. The summed E-state index contributed by atoms with van der Waals surface area (Å²) in [6.07, 6.45) is 76.6. The van der Waals surface area contributed by atoms with Crippen LogP contribution in [-0.4, -0.2) is 47.4 Å². The van der Waals surface area contributed by atoms with E-state index in [1.54, 1.807) is 0 Å². The molecule has 73 heavy (non-hydrogen) atoms. The van der Waals surface area contributed by atoms with Gasteiger partial charge in [-0.15, -0.1) is 0 Å². The summed E-state index contributed by atoms with van der Waals surface area (Å²) in [5, 5.41) is 23.4. The Balaban J connectivity index is 3.42. The van der Waals surface area contributed by atoms with Crippen LogP contribution in [-0.2, 0) is 14.3 Å². The van der Waals surface area contributed by atoms with E-state index < -0.39 is 12.1 Å². The zero-order chi connectivity index (χ0) is 52.9. The van der Waals surface area contributed by atoms with Crippen LogP contribution in [0.3, 0.4) is 0 Å². The van der Waals surface area contributed by atoms with Crippen molar-refractivity contribution in [3.05, 3.63) is 12.2 Å². The summed E-state index contributed by atoms with van der Waals surface area (Å²) in [7, 11) is 0. The Morgan fingerprint density at radius 2 is 0.644 bits per heavy atom. The van der Waals surface area contributed by atoms with Gasteiger partial charge in [0.05, 0.1) is 25.4 Å². The first-order chi connectivity index (χ1) is 36.0. The Morgan fingerprint density at radius 3 is 0.973 bits per heavy atom. The Labute approximate surface area is 457 Å². The highest BCUT2D eigenvalue weighted by atomic mass is 16.5. The molecule has 2 unspecified atom stereocenters. The molecule has 434 valence electrons. The zero-order valence-corrected chi connectivity index (χ0v) is 49.6. The fourth-order valence-electron chi connectivity index (χ4n) is 10.7. The summed E-state index contributed by atoms with van der Waals surface area (Å²) >= 11 is 0. The van der Waals surface area contributed by atoms with Gasteiger partial charge in [0, 0.05) is 12.8 Å². The molecule has 0 aliphatic heterocycles. The second-order valence-corrected chi connectivity index (χ2v) is 23.2. The van der Waals surface area contributed by atoms with Gasteiger partial charge in [-0.05, 0) is 51.4 Å². The van der Waals surface area contributed by atoms with Crippen molar-refractivity contribution in [1.82, 2.24) is 5.32 Å². The molecular weight excluding hydrogens is 899 g/mol. The first kappa shape index (κ1) is 71.6. The maximum atomic E-state index is 12.5. The van der Waals surface area contributed by atoms with Gasteiger partial charge in [0.25, 0.3) is 0 Å². The third-order valence-corrected chi connectivity index (χ3v) is 15.8. The lowest BCUT2D eigenvalue weighted by molar-refractivity contribution is -0.143. The molecule has 3 N–H and O–H groups in total. The second-order valence-electron chi connectivity index (χ2n) is 23.2. The molecule has 0 aliphatic rings. The second kappa shape index (κ2) is 63.1. The number of ether oxygens (including phenoxy) is 1. The highest BCUT2D eigenvalue weighted by Gasteiger charge is 2.20. The van der Waals surface area contributed by atoms with E-state index >= 15 is 0 Å². The molecule has 0 aromatic rings. The van der Waals surface area contributed by atoms with E-state index in [9.17, 15) is 19.8 Å². The number of nitrogens with one attached hydrogen (secondary N) is 1. The van der Waals surface area contributed by atoms with Crippen LogP contribution in [0.15, 0.2) is 12.2 Å². The quantitative estimate of drug-likeness (QED) is 0.0320. The van der Waals surface area contributed by atoms with Crippen molar-refractivity contribution < 1.29 is 24.5 Å². The number of rotatable bonds is 63. The number of aliphatic hydroxyl groups is 2. The molecular formula is C67H131NO5. The summed E-state index contributed by atoms with van der Waals surface area (Å²) < 4.78 is 5.49. The summed E-state index contributed by atoms with van der Waals surface area (Å²) in [4.78, 5) is 24.6. The largest absolute Gasteiger partial charge is 0.466 e. The van der Waals surface area contributed by atoms with Gasteiger partial charge in [-0.1, -0.05) is 328 Å². The molecule has 0 heterocycles. The summed E-state index contributed by atoms with van der Waals surface area (Å²) in [5.74, 6) is -0.0496. The van der Waals surface area contributed by atoms with E-state index in [0.717, 1.165) is 51.4 Å². The lowest BCUT2D eigenvalue weighted by Gasteiger charge is -2.22. The molecule has 6 heteroatoms. The molecule has 0 aliphatic carbocycles. The van der Waals surface area contributed by atoms with Crippen molar-refractivity contribution in [2.45, 2.75) is 392 Å². The highest BCUT2D eigenvalue weighted by molar-refractivity contribution is 5.76. The van der Waals surface area contributed by atoms with E-state index in [1.165, 1.54) is 295 Å². The van der Waals surface area contributed by atoms with Gasteiger partial charge in [0.1, 0.15) is 0 Å². The summed E-state index contributed by atoms with van der Waals surface area (Å²) in [6.45, 7) is 4.96. The smallest absolute Gasteiger partial charge is 0.305 e. The van der Waals surface area contributed by atoms with Crippen molar-refractivity contribution in [1.29, 1.82) is 0 Å². The molecule has 6 nitrogen and oxygen atoms in total. The van der Waals surface area contributed by atoms with E-state index in [2.05, 4.69) is 31.3 Å². The molecule has 0 aromatic heterocycles. The van der Waals surface area contributed by atoms with E-state index in [0.29, 0.717) is 25.9 Å². The van der Waals surface area contributed by atoms with Crippen LogP contribution < -0.4 is 5.32 Å². The van der Waals surface area contributed by atoms with Gasteiger partial charge in [0.2, 0.25) is 5.91 Å². The number of esters is 1. The molecule has 2 atom stereocenters. The van der Waals surface area contributed by atoms with Gasteiger partial charge < -0.3 is 20.3 Å². The average molecular weight is 1030 g/mol. The number of allylic oxidation sites excluding steroid dienone is 2. The van der Waals surface area contributed by atoms with Crippen molar-refractivity contribution in [2.24, 2.45) is 0 Å². The van der Waals surface area contributed by atoms with Crippen LogP contribution in [0.4, 0.5) is 0 Å². The van der Waals surface area contributed by atoms with Crippen molar-refractivity contribution in [3.63, 3.8) is 0 Å². The van der Waals surface area contributed by atoms with E-state index in [1.807, 2.05) is 0 Å². The molecule has 0 rings (SSSR count). The van der Waals surface area contributed by atoms with Gasteiger partial charge >= 0.3 is 5.97 Å². The molecule has 1 amide bonds. The van der Waals surface area contributed by atoms with Crippen LogP contribution in [0.25, 0.3) is 0 Å². The number of carbonyl (C=O) groups is 2. The minimum atomic E-state index is -0.674. The lowest BCUT2D eigenvalue weighted by Crippen LogP contribution is -2.45. The summed E-state index contributed by atoms with van der Waals surface area (Å²) in [6, 6.07) is -0.552. The first-order valence-electron chi connectivity index (χ1n) is 33.4. The van der Waals surface area contributed by atoms with Crippen molar-refractivity contribution in [3.8, 4) is 0 Å². The number of hydrogen-bond acceptors (Lipinski definition) is 5. The first-order valence-corrected chi connectivity index (χ1v) is 33.4. The molecule has 0 aromatic carbocycles. The third kappa shape index (κ3) is 59.7. The van der Waals surface area contributed by atoms with Crippen LogP contribution in [0.2, 0.25) is 0 Å². The van der Waals surface area contributed by atoms with Gasteiger partial charge in [0.15, 0.2) is 0 Å². The van der Waals surface area contributed by atoms with E-state index in [-0.39, 0.29) is 18.5 Å². The number of unbranched alkanes of at least 4 members (excludes halogenated alkanes) is 50. The summed E-state index contributed by atoms with van der Waals surface area (Å²) in [5.41, 5.74) is 0. The highest BCUT2D eigenvalue weighted by Crippen LogP contribution is 2.19. The fourth-order valence-corrected chi connectivity index (χ4v) is 10.7. The Bertz CT molecular complexity index is 1100. The van der Waals surface area contributed by atoms with Crippen LogP contribution >= 0.6 is 0 Å². The topological polar surface area (TPSA) is 95.9 Å². The number of carbonyl (C=O) groups excluding carboxylic acids is 2. The zero-order valence-electron chi connectivity index (χ0n) is 49.6. The minimum Gasteiger partial charge on any atom is -0.466 e. The molecule has 0 radical (unpaired) electrons. The fraction of sp³-hybridized carbons (Fsp3) is 0.940. The molecule has 0 spiro atoms. The number of amides is 1. The molecule has 0 fully saturated rings. The van der Waals surface area contributed by atoms with Crippen LogP contribution in [0.5, 0.6) is 0 Å². The van der Waals surface area contributed by atoms with Crippen LogP contribution in [0.1, 0.15) is 380 Å². The predicted molar refractivity (Wildman–Crippen MR) is 320 cm³/mol. The number of aliphatic hydroxyl groups excluding tert-OH is 2. The van der Waals surface area contributed by atoms with E-state index in [4.69, 9.17) is 4.74 Å². The Hall–Kier alpha value is -1.40. The van der Waals surface area contributed by atoms with Gasteiger partial charge in [-0.2, -0.15) is 0 Å². The molecule has 0 saturated carbocycles. The Kier molecular flexibility index (Phi) is 61.9. The van der Waals surface area contributed by atoms with Gasteiger partial charge in [-0.25, -0.2) is 0 Å². The normalized spacial score (nSPS) is 12.5. The predicted octanol–water partition coefficient (Wildman–Crippen LogP) is 21.2. The third-order valence-electron chi connectivity index (χ3n) is 15.8. The lowest BCUT2D eigenvalue weighted by atomic mass is 10.0. The molecule has 0 bridgehead atoms. The van der Waals surface area contributed by atoms with Crippen molar-refractivity contribution >= 4 is 11.9 Å². The van der Waals surface area contributed by atoms with Crippen molar-refractivity contribution in [2.75, 3.05) is 13.2 Å². The SMILES string of the molecule is CCCCCCCCC/C=C\CCCCCCCCCC(=O)OCCCCCCCCCCCCCCCC(=O)NC(CO)C(O)CCCCCCCCCCCCCCCCCCCCCCCCCCC. The maximum Gasteiger partial charge on any atom is 0.305 e. The monoisotopic (exact) mass is 1030 g/mol. The maximum absolute atomic E-state index is 12.5. The minimum absolute atomic E-state index is 0.00662. The average Bonchev–Trinajstić information content (AvgIpc) is 3.39. The number of hydrogen-bond donors (Lipinski definition) is 3. The van der Waals surface area contributed by atoms with Crippen LogP contribution in [0, 0.1) is 0 Å². The Morgan fingerprint density at radius 1 is 0.370 bits per heavy atom. The molecule has 0 saturated heterocycles. The van der Waals surface area contributed by atoms with Gasteiger partial charge in [-0.3, -0.25) is 9.59 Å².